The van der Waals surface area contributed by atoms with Gasteiger partial charge in [0.15, 0.2) is 0 Å². The van der Waals surface area contributed by atoms with E-state index in [4.69, 9.17) is 5.11 Å². The predicted molar refractivity (Wildman–Crippen MR) is 86.6 cm³/mol. The van der Waals surface area contributed by atoms with Gasteiger partial charge in [0.25, 0.3) is 0 Å². The molecule has 0 unspecified atom stereocenters. The molecule has 1 amide bonds. The molecule has 1 aliphatic rings. The molecule has 3 rings (SSSR count). The van der Waals surface area contributed by atoms with Crippen molar-refractivity contribution in [3.8, 4) is 0 Å². The monoisotopic (exact) mass is 309 g/mol. The van der Waals surface area contributed by atoms with Gasteiger partial charge in [-0.3, -0.25) is 19.8 Å². The highest BCUT2D eigenvalue weighted by Gasteiger charge is 2.39. The Morgan fingerprint density at radius 3 is 2.30 bits per heavy atom. The molecule has 0 radical (unpaired) electrons. The lowest BCUT2D eigenvalue weighted by Crippen LogP contribution is -2.37. The summed E-state index contributed by atoms with van der Waals surface area (Å²) in [5, 5.41) is 11.8. The molecule has 6 heteroatoms. The summed E-state index contributed by atoms with van der Waals surface area (Å²) in [7, 11) is 0. The van der Waals surface area contributed by atoms with Crippen molar-refractivity contribution < 1.29 is 14.7 Å². The zero-order valence-corrected chi connectivity index (χ0v) is 12.2. The number of carboxylic acids is 1. The van der Waals surface area contributed by atoms with E-state index in [1.54, 1.807) is 4.90 Å². The Balaban J connectivity index is 2.02. The number of carbonyl (C=O) groups excluding carboxylic acids is 1. The molecule has 1 aliphatic heterocycles. The van der Waals surface area contributed by atoms with Gasteiger partial charge in [0, 0.05) is 5.69 Å². The Labute approximate surface area is 133 Å². The van der Waals surface area contributed by atoms with E-state index in [0.29, 0.717) is 17.3 Å². The third kappa shape index (κ3) is 3.21. The maximum Gasteiger partial charge on any atom is 0.306 e. The summed E-state index contributed by atoms with van der Waals surface area (Å²) in [4.78, 5) is 29.4. The number of carboxylic acid groups (broad SMARTS) is 1. The van der Waals surface area contributed by atoms with E-state index >= 15 is 0 Å². The molecular formula is C17H15N3O3. The minimum atomic E-state index is -1.04. The second-order valence-electron chi connectivity index (χ2n) is 5.08. The molecule has 1 fully saturated rings. The molecule has 2 aromatic carbocycles. The third-order valence-corrected chi connectivity index (χ3v) is 3.47. The van der Waals surface area contributed by atoms with Crippen LogP contribution in [0, 0.1) is 0 Å². The Morgan fingerprint density at radius 2 is 1.70 bits per heavy atom. The SMILES string of the molecule is O=C(O)C[C@H]1C(=O)NC(=Nc2ccccc2)N1c1ccccc1. The number of aliphatic imine (C=N–C) groups is 1. The Bertz CT molecular complexity index is 744. The average Bonchev–Trinajstić information content (AvgIpc) is 2.84. The van der Waals surface area contributed by atoms with E-state index < -0.39 is 12.0 Å². The van der Waals surface area contributed by atoms with Crippen LogP contribution in [0.4, 0.5) is 11.4 Å². The van der Waals surface area contributed by atoms with Crippen LogP contribution in [0.1, 0.15) is 6.42 Å². The summed E-state index contributed by atoms with van der Waals surface area (Å²) in [5.41, 5.74) is 1.39. The fourth-order valence-electron chi connectivity index (χ4n) is 2.47. The van der Waals surface area contributed by atoms with Crippen LogP contribution >= 0.6 is 0 Å². The van der Waals surface area contributed by atoms with Crippen LogP contribution in [0.25, 0.3) is 0 Å². The first kappa shape index (κ1) is 14.8. The van der Waals surface area contributed by atoms with Crippen molar-refractivity contribution in [1.29, 1.82) is 0 Å². The minimum Gasteiger partial charge on any atom is -0.481 e. The molecule has 1 heterocycles. The lowest BCUT2D eigenvalue weighted by molar-refractivity contribution is -0.139. The van der Waals surface area contributed by atoms with Gasteiger partial charge < -0.3 is 5.11 Å². The largest absolute Gasteiger partial charge is 0.481 e. The quantitative estimate of drug-likeness (QED) is 0.906. The Kier molecular flexibility index (Phi) is 4.05. The van der Waals surface area contributed by atoms with Crippen LogP contribution in [0.15, 0.2) is 65.7 Å². The maximum absolute atomic E-state index is 12.2. The second kappa shape index (κ2) is 6.31. The molecule has 6 nitrogen and oxygen atoms in total. The third-order valence-electron chi connectivity index (χ3n) is 3.47. The van der Waals surface area contributed by atoms with Crippen molar-refractivity contribution in [1.82, 2.24) is 5.32 Å². The van der Waals surface area contributed by atoms with Crippen LogP contribution < -0.4 is 10.2 Å². The lowest BCUT2D eigenvalue weighted by Gasteiger charge is -2.22. The molecule has 1 atom stereocenters. The van der Waals surface area contributed by atoms with Gasteiger partial charge in [-0.2, -0.15) is 0 Å². The number of aliphatic carboxylic acids is 1. The van der Waals surface area contributed by atoms with Gasteiger partial charge in [0.1, 0.15) is 6.04 Å². The fourth-order valence-corrected chi connectivity index (χ4v) is 2.47. The van der Waals surface area contributed by atoms with E-state index in [2.05, 4.69) is 10.3 Å². The molecule has 0 saturated carbocycles. The summed E-state index contributed by atoms with van der Waals surface area (Å²) >= 11 is 0. The highest BCUT2D eigenvalue weighted by Crippen LogP contribution is 2.24. The topological polar surface area (TPSA) is 82.0 Å². The first-order chi connectivity index (χ1) is 11.1. The molecular weight excluding hydrogens is 294 g/mol. The van der Waals surface area contributed by atoms with Crippen LogP contribution in [0.2, 0.25) is 0 Å². The molecule has 0 aliphatic carbocycles. The number of nitrogens with one attached hydrogen (secondary N) is 1. The van der Waals surface area contributed by atoms with Crippen LogP contribution in [0.5, 0.6) is 0 Å². The normalized spacial score (nSPS) is 19.0. The number of nitrogens with zero attached hydrogens (tertiary/aromatic N) is 2. The van der Waals surface area contributed by atoms with E-state index in [1.807, 2.05) is 60.7 Å². The van der Waals surface area contributed by atoms with Crippen molar-refractivity contribution in [3.63, 3.8) is 0 Å². The van der Waals surface area contributed by atoms with Crippen molar-refractivity contribution >= 4 is 29.2 Å². The van der Waals surface area contributed by atoms with Crippen molar-refractivity contribution in [2.24, 2.45) is 4.99 Å². The molecule has 1 saturated heterocycles. The molecule has 0 bridgehead atoms. The Hall–Kier alpha value is -3.15. The fraction of sp³-hybridized carbons (Fsp3) is 0.118. The first-order valence-corrected chi connectivity index (χ1v) is 7.16. The van der Waals surface area contributed by atoms with Crippen molar-refractivity contribution in [2.45, 2.75) is 12.5 Å². The summed E-state index contributed by atoms with van der Waals surface area (Å²) < 4.78 is 0. The molecule has 116 valence electrons. The van der Waals surface area contributed by atoms with Crippen LogP contribution in [-0.2, 0) is 9.59 Å². The number of hydrogen-bond donors (Lipinski definition) is 2. The summed E-state index contributed by atoms with van der Waals surface area (Å²) in [6, 6.07) is 17.5. The molecule has 23 heavy (non-hydrogen) atoms. The van der Waals surface area contributed by atoms with Gasteiger partial charge in [-0.25, -0.2) is 4.99 Å². The van der Waals surface area contributed by atoms with E-state index in [0.717, 1.165) is 0 Å². The number of rotatable bonds is 4. The zero-order valence-electron chi connectivity index (χ0n) is 12.2. The zero-order chi connectivity index (χ0) is 16.2. The minimum absolute atomic E-state index is 0.297. The van der Waals surface area contributed by atoms with Gasteiger partial charge in [-0.15, -0.1) is 0 Å². The van der Waals surface area contributed by atoms with Gasteiger partial charge in [-0.1, -0.05) is 36.4 Å². The lowest BCUT2D eigenvalue weighted by atomic mass is 10.1. The van der Waals surface area contributed by atoms with Crippen molar-refractivity contribution in [3.05, 3.63) is 60.7 Å². The highest BCUT2D eigenvalue weighted by molar-refractivity contribution is 6.17. The summed E-state index contributed by atoms with van der Waals surface area (Å²) in [5.74, 6) is -1.07. The van der Waals surface area contributed by atoms with E-state index in [1.165, 1.54) is 0 Å². The molecule has 2 N–H and O–H groups in total. The van der Waals surface area contributed by atoms with Crippen LogP contribution in [0.3, 0.4) is 0 Å². The van der Waals surface area contributed by atoms with E-state index in [-0.39, 0.29) is 12.3 Å². The van der Waals surface area contributed by atoms with Crippen molar-refractivity contribution in [2.75, 3.05) is 4.90 Å². The maximum atomic E-state index is 12.2. The summed E-state index contributed by atoms with van der Waals surface area (Å²) in [6.07, 6.45) is -0.297. The smallest absolute Gasteiger partial charge is 0.306 e. The second-order valence-corrected chi connectivity index (χ2v) is 5.08. The highest BCUT2D eigenvalue weighted by atomic mass is 16.4. The number of carbonyl (C=O) groups is 2. The number of para-hydroxylation sites is 2. The van der Waals surface area contributed by atoms with Gasteiger partial charge in [0.05, 0.1) is 12.1 Å². The van der Waals surface area contributed by atoms with Gasteiger partial charge >= 0.3 is 5.97 Å². The first-order valence-electron chi connectivity index (χ1n) is 7.16. The van der Waals surface area contributed by atoms with Gasteiger partial charge in [-0.05, 0) is 24.3 Å². The van der Waals surface area contributed by atoms with E-state index in [9.17, 15) is 9.59 Å². The number of guanidine groups is 1. The predicted octanol–water partition coefficient (Wildman–Crippen LogP) is 2.15. The van der Waals surface area contributed by atoms with Crippen LogP contribution in [-0.4, -0.2) is 29.0 Å². The standard InChI is InChI=1S/C17H15N3O3/c21-15(22)11-14-16(23)19-17(18-12-7-3-1-4-8-12)20(14)13-9-5-2-6-10-13/h1-10,14H,11H2,(H,21,22)(H,18,19,23)/t14-/m0/s1. The Morgan fingerprint density at radius 1 is 1.09 bits per heavy atom. The molecule has 0 spiro atoms. The average molecular weight is 309 g/mol. The number of hydrogen-bond acceptors (Lipinski definition) is 3. The number of benzene rings is 2. The molecule has 0 aromatic heterocycles. The summed E-state index contributed by atoms with van der Waals surface area (Å²) in [6.45, 7) is 0. The number of anilines is 1. The number of amides is 1. The van der Waals surface area contributed by atoms with Gasteiger partial charge in [0.2, 0.25) is 11.9 Å². The molecule has 2 aromatic rings.